The highest BCUT2D eigenvalue weighted by atomic mass is 16.3. The lowest BCUT2D eigenvalue weighted by Gasteiger charge is -1.79. The van der Waals surface area contributed by atoms with Crippen molar-refractivity contribution < 1.29 is 5.11 Å². The number of rotatable bonds is 2. The van der Waals surface area contributed by atoms with E-state index in [9.17, 15) is 5.11 Å². The number of hydrogen-bond acceptors (Lipinski definition) is 0. The van der Waals surface area contributed by atoms with E-state index in [-0.39, 0.29) is 5.76 Å². The normalized spacial score (nSPS) is 11.3. The SMILES string of the molecule is C=C/C=C(\[O])CC. The third kappa shape index (κ3) is 3.10. The predicted octanol–water partition coefficient (Wildman–Crippen LogP) is 1.90. The van der Waals surface area contributed by atoms with Crippen LogP contribution in [0.2, 0.25) is 0 Å². The fraction of sp³-hybridized carbons (Fsp3) is 0.333. The Morgan fingerprint density at radius 3 is 2.57 bits per heavy atom. The van der Waals surface area contributed by atoms with Gasteiger partial charge in [0.15, 0.2) is 5.76 Å². The van der Waals surface area contributed by atoms with E-state index >= 15 is 0 Å². The van der Waals surface area contributed by atoms with Crippen LogP contribution in [0.15, 0.2) is 24.5 Å². The zero-order valence-corrected chi connectivity index (χ0v) is 4.48. The van der Waals surface area contributed by atoms with Gasteiger partial charge in [0.05, 0.1) is 0 Å². The van der Waals surface area contributed by atoms with Crippen LogP contribution in [0.5, 0.6) is 0 Å². The van der Waals surface area contributed by atoms with Gasteiger partial charge in [-0.3, -0.25) is 5.11 Å². The van der Waals surface area contributed by atoms with E-state index in [4.69, 9.17) is 0 Å². The maximum atomic E-state index is 10.3. The van der Waals surface area contributed by atoms with Gasteiger partial charge in [0.2, 0.25) is 0 Å². The van der Waals surface area contributed by atoms with Crippen molar-refractivity contribution in [1.82, 2.24) is 0 Å². The molecule has 0 aromatic carbocycles. The maximum Gasteiger partial charge on any atom is 0.155 e. The van der Waals surface area contributed by atoms with Crippen molar-refractivity contribution in [2.45, 2.75) is 13.3 Å². The van der Waals surface area contributed by atoms with E-state index in [0.717, 1.165) is 0 Å². The molecule has 0 unspecified atom stereocenters. The van der Waals surface area contributed by atoms with Crippen LogP contribution in [0.25, 0.3) is 0 Å². The molecule has 0 N–H and O–H groups in total. The average Bonchev–Trinajstić information content (AvgIpc) is 1.68. The summed E-state index contributed by atoms with van der Waals surface area (Å²) in [7, 11) is 0. The van der Waals surface area contributed by atoms with Gasteiger partial charge in [0.25, 0.3) is 0 Å². The monoisotopic (exact) mass is 97.1 g/mol. The van der Waals surface area contributed by atoms with E-state index in [0.29, 0.717) is 6.42 Å². The molecule has 0 aliphatic heterocycles. The summed E-state index contributed by atoms with van der Waals surface area (Å²) in [6, 6.07) is 0. The van der Waals surface area contributed by atoms with Crippen LogP contribution < -0.4 is 0 Å². The van der Waals surface area contributed by atoms with Crippen molar-refractivity contribution >= 4 is 0 Å². The Kier molecular flexibility index (Phi) is 3.11. The topological polar surface area (TPSA) is 19.9 Å². The first-order valence-electron chi connectivity index (χ1n) is 2.30. The van der Waals surface area contributed by atoms with Crippen LogP contribution in [-0.2, 0) is 5.11 Å². The third-order valence-corrected chi connectivity index (χ3v) is 0.652. The van der Waals surface area contributed by atoms with Gasteiger partial charge >= 0.3 is 0 Å². The van der Waals surface area contributed by atoms with Crippen LogP contribution >= 0.6 is 0 Å². The highest BCUT2D eigenvalue weighted by Crippen LogP contribution is 1.93. The molecule has 0 saturated carbocycles. The van der Waals surface area contributed by atoms with Gasteiger partial charge in [-0.2, -0.15) is 0 Å². The Hall–Kier alpha value is -0.720. The molecule has 0 rings (SSSR count). The zero-order valence-electron chi connectivity index (χ0n) is 4.48. The lowest BCUT2D eigenvalue weighted by Crippen LogP contribution is -1.68. The highest BCUT2D eigenvalue weighted by molar-refractivity contribution is 5.01. The Bertz CT molecular complexity index is 82.2. The Morgan fingerprint density at radius 1 is 1.86 bits per heavy atom. The Balaban J connectivity index is 3.49. The number of hydrogen-bond donors (Lipinski definition) is 0. The summed E-state index contributed by atoms with van der Waals surface area (Å²) < 4.78 is 0. The minimum Gasteiger partial charge on any atom is -0.295 e. The lowest BCUT2D eigenvalue weighted by molar-refractivity contribution is 0.285. The van der Waals surface area contributed by atoms with Crippen molar-refractivity contribution in [3.63, 3.8) is 0 Å². The van der Waals surface area contributed by atoms with Crippen LogP contribution in [-0.4, -0.2) is 0 Å². The standard InChI is InChI=1S/C6H9O/c1-3-5-6(7)4-2/h3,5H,1,4H2,2H3/b6-5-. The second kappa shape index (κ2) is 3.47. The molecule has 1 radical (unpaired) electrons. The molecule has 1 heteroatoms. The smallest absolute Gasteiger partial charge is 0.155 e. The summed E-state index contributed by atoms with van der Waals surface area (Å²) in [4.78, 5) is 0. The molecule has 0 bridgehead atoms. The van der Waals surface area contributed by atoms with E-state index < -0.39 is 0 Å². The van der Waals surface area contributed by atoms with Crippen molar-refractivity contribution in [2.24, 2.45) is 0 Å². The van der Waals surface area contributed by atoms with Gasteiger partial charge in [0, 0.05) is 6.42 Å². The molecule has 0 saturated heterocycles. The molecule has 0 aliphatic carbocycles. The molecule has 0 amide bonds. The molecular formula is C6H9O. The predicted molar refractivity (Wildman–Crippen MR) is 29.3 cm³/mol. The summed E-state index contributed by atoms with van der Waals surface area (Å²) in [5.41, 5.74) is 0. The van der Waals surface area contributed by atoms with Gasteiger partial charge in [-0.1, -0.05) is 19.6 Å². The summed E-state index contributed by atoms with van der Waals surface area (Å²) in [6.45, 7) is 5.19. The summed E-state index contributed by atoms with van der Waals surface area (Å²) in [6.07, 6.45) is 3.55. The van der Waals surface area contributed by atoms with Gasteiger partial charge in [-0.05, 0) is 6.08 Å². The van der Waals surface area contributed by atoms with E-state index in [1.54, 1.807) is 0 Å². The summed E-state index contributed by atoms with van der Waals surface area (Å²) >= 11 is 0. The Morgan fingerprint density at radius 2 is 2.43 bits per heavy atom. The van der Waals surface area contributed by atoms with Crippen LogP contribution in [0.1, 0.15) is 13.3 Å². The molecule has 0 fully saturated rings. The van der Waals surface area contributed by atoms with Crippen molar-refractivity contribution in [1.29, 1.82) is 0 Å². The minimum absolute atomic E-state index is 0.134. The maximum absolute atomic E-state index is 10.3. The van der Waals surface area contributed by atoms with Gasteiger partial charge in [-0.15, -0.1) is 0 Å². The third-order valence-electron chi connectivity index (χ3n) is 0.652. The molecule has 0 aromatic heterocycles. The summed E-state index contributed by atoms with van der Waals surface area (Å²) in [5, 5.41) is 10.3. The van der Waals surface area contributed by atoms with Gasteiger partial charge in [0.1, 0.15) is 0 Å². The molecular weight excluding hydrogens is 88.1 g/mol. The van der Waals surface area contributed by atoms with Crippen molar-refractivity contribution in [2.75, 3.05) is 0 Å². The second-order valence-electron chi connectivity index (χ2n) is 1.22. The number of allylic oxidation sites excluding steroid dienone is 3. The first-order chi connectivity index (χ1) is 3.31. The fourth-order valence-electron chi connectivity index (χ4n) is 0.249. The average molecular weight is 97.1 g/mol. The van der Waals surface area contributed by atoms with E-state index in [2.05, 4.69) is 6.58 Å². The molecule has 0 atom stereocenters. The quantitative estimate of drug-likeness (QED) is 0.370. The van der Waals surface area contributed by atoms with E-state index in [1.807, 2.05) is 6.92 Å². The van der Waals surface area contributed by atoms with Gasteiger partial charge < -0.3 is 0 Å². The molecule has 0 heterocycles. The molecule has 1 nitrogen and oxygen atoms in total. The van der Waals surface area contributed by atoms with Crippen LogP contribution in [0.4, 0.5) is 0 Å². The fourth-order valence-corrected chi connectivity index (χ4v) is 0.249. The molecule has 7 heavy (non-hydrogen) atoms. The summed E-state index contributed by atoms with van der Waals surface area (Å²) in [5.74, 6) is 0.134. The van der Waals surface area contributed by atoms with Crippen molar-refractivity contribution in [3.05, 3.63) is 24.5 Å². The molecule has 0 aromatic rings. The van der Waals surface area contributed by atoms with Gasteiger partial charge in [-0.25, -0.2) is 0 Å². The van der Waals surface area contributed by atoms with Crippen molar-refractivity contribution in [3.8, 4) is 0 Å². The highest BCUT2D eigenvalue weighted by Gasteiger charge is 1.82. The largest absolute Gasteiger partial charge is 0.295 e. The first-order valence-corrected chi connectivity index (χ1v) is 2.30. The lowest BCUT2D eigenvalue weighted by atomic mass is 10.4. The minimum atomic E-state index is 0.134. The molecule has 39 valence electrons. The first kappa shape index (κ1) is 6.28. The second-order valence-corrected chi connectivity index (χ2v) is 1.22. The molecule has 0 aliphatic rings. The van der Waals surface area contributed by atoms with E-state index in [1.165, 1.54) is 12.2 Å². The van der Waals surface area contributed by atoms with Crippen LogP contribution in [0, 0.1) is 0 Å². The Labute approximate surface area is 44.0 Å². The van der Waals surface area contributed by atoms with Crippen LogP contribution in [0.3, 0.4) is 0 Å². The molecule has 0 spiro atoms. The zero-order chi connectivity index (χ0) is 5.70.